The van der Waals surface area contributed by atoms with Crippen LogP contribution in [0.5, 0.6) is 0 Å². The number of hydrogen-bond acceptors (Lipinski definition) is 1. The van der Waals surface area contributed by atoms with Crippen LogP contribution in [0.1, 0.15) is 12.8 Å². The summed E-state index contributed by atoms with van der Waals surface area (Å²) in [5, 5.41) is 0. The van der Waals surface area contributed by atoms with Gasteiger partial charge in [-0.05, 0) is 25.3 Å². The van der Waals surface area contributed by atoms with E-state index in [0.29, 0.717) is 0 Å². The molecule has 1 nitrogen and oxygen atoms in total. The molecule has 0 spiro atoms. The summed E-state index contributed by atoms with van der Waals surface area (Å²) in [4.78, 5) is 0. The fourth-order valence-corrected chi connectivity index (χ4v) is 0.354. The van der Waals surface area contributed by atoms with Crippen LogP contribution in [0.3, 0.4) is 0 Å². The summed E-state index contributed by atoms with van der Waals surface area (Å²) in [6.45, 7) is -0.806. The van der Waals surface area contributed by atoms with Gasteiger partial charge < -0.3 is 5.73 Å². The van der Waals surface area contributed by atoms with E-state index in [1.165, 1.54) is 12.8 Å². The van der Waals surface area contributed by atoms with Gasteiger partial charge in [-0.1, -0.05) is 0 Å². The monoisotopic (exact) mass is 205 g/mol. The zero-order valence-corrected chi connectivity index (χ0v) is 8.41. The van der Waals surface area contributed by atoms with E-state index in [-0.39, 0.29) is 0 Å². The third kappa shape index (κ3) is 12.3. The summed E-state index contributed by atoms with van der Waals surface area (Å²) in [6, 6.07) is 0. The Morgan fingerprint density at radius 2 is 1.67 bits per heavy atom. The summed E-state index contributed by atoms with van der Waals surface area (Å²) in [7, 11) is 0. The molecule has 0 bridgehead atoms. The van der Waals surface area contributed by atoms with Gasteiger partial charge in [-0.25, -0.2) is 0 Å². The van der Waals surface area contributed by atoms with Crippen LogP contribution >= 0.6 is 33.2 Å². The van der Waals surface area contributed by atoms with Crippen molar-refractivity contribution in [2.75, 3.05) is 6.54 Å². The molecule has 2 N–H and O–H groups in total. The molecule has 0 aliphatic heterocycles. The van der Waals surface area contributed by atoms with Crippen LogP contribution < -0.4 is 5.73 Å². The lowest BCUT2D eigenvalue weighted by atomic mass is 10.5. The van der Waals surface area contributed by atoms with E-state index in [1.807, 2.05) is 0 Å². The molecule has 5 heteroatoms. The standard InChI is InChI=1S/C4H9N.Cl3HSi/c5-3-4-1-2-4;1-4(2)3/h4H,1-3,5H2;4H. The molecule has 0 unspecified atom stereocenters. The highest BCUT2D eigenvalue weighted by atomic mass is 35.8. The van der Waals surface area contributed by atoms with Crippen molar-refractivity contribution in [3.05, 3.63) is 0 Å². The van der Waals surface area contributed by atoms with Crippen molar-refractivity contribution in [3.8, 4) is 0 Å². The maximum absolute atomic E-state index is 5.23. The number of nitrogens with two attached hydrogens (primary N) is 1. The Labute approximate surface area is 71.2 Å². The molecule has 0 aromatic carbocycles. The fraction of sp³-hybridized carbons (Fsp3) is 1.00. The molecule has 1 aliphatic carbocycles. The normalized spacial score (nSPS) is 17.0. The van der Waals surface area contributed by atoms with Crippen molar-refractivity contribution in [1.82, 2.24) is 0 Å². The smallest absolute Gasteiger partial charge is 0.326 e. The largest absolute Gasteiger partial charge is 0.330 e. The Bertz CT molecular complexity index is 64.1. The lowest BCUT2D eigenvalue weighted by Gasteiger charge is -1.74. The minimum Gasteiger partial charge on any atom is -0.330 e. The molecule has 0 aromatic rings. The Morgan fingerprint density at radius 3 is 1.67 bits per heavy atom. The first-order valence-corrected chi connectivity index (χ1v) is 8.02. The van der Waals surface area contributed by atoms with Crippen LogP contribution in [0.25, 0.3) is 0 Å². The quantitative estimate of drug-likeness (QED) is 0.514. The topological polar surface area (TPSA) is 26.0 Å². The minimum atomic E-state index is -1.72. The molecule has 0 aromatic heterocycles. The second-order valence-electron chi connectivity index (χ2n) is 1.93. The predicted molar refractivity (Wildman–Crippen MR) is 46.5 cm³/mol. The van der Waals surface area contributed by atoms with E-state index in [1.54, 1.807) is 0 Å². The second kappa shape index (κ2) is 5.80. The van der Waals surface area contributed by atoms with Crippen molar-refractivity contribution < 1.29 is 0 Å². The number of hydrogen-bond donors (Lipinski definition) is 1. The van der Waals surface area contributed by atoms with Gasteiger partial charge in [0, 0.05) is 0 Å². The Balaban J connectivity index is 0.000000148. The lowest BCUT2D eigenvalue weighted by molar-refractivity contribution is 0.847. The molecule has 0 atom stereocenters. The van der Waals surface area contributed by atoms with Gasteiger partial charge >= 0.3 is 6.73 Å². The van der Waals surface area contributed by atoms with E-state index in [4.69, 9.17) is 39.0 Å². The van der Waals surface area contributed by atoms with Crippen LogP contribution in [0, 0.1) is 5.92 Å². The minimum absolute atomic E-state index is 0.912. The van der Waals surface area contributed by atoms with Crippen LogP contribution in [-0.4, -0.2) is 13.3 Å². The number of halogens is 3. The first kappa shape index (κ1) is 10.0. The molecule has 0 heterocycles. The van der Waals surface area contributed by atoms with E-state index < -0.39 is 6.73 Å². The molecule has 1 fully saturated rings. The highest BCUT2D eigenvalue weighted by Gasteiger charge is 2.17. The van der Waals surface area contributed by atoms with Crippen LogP contribution in [0.2, 0.25) is 0 Å². The van der Waals surface area contributed by atoms with E-state index in [9.17, 15) is 0 Å². The molecule has 0 saturated heterocycles. The van der Waals surface area contributed by atoms with Gasteiger partial charge in [-0.3, -0.25) is 0 Å². The van der Waals surface area contributed by atoms with Gasteiger partial charge in [-0.2, -0.15) is 0 Å². The molecule has 0 radical (unpaired) electrons. The summed E-state index contributed by atoms with van der Waals surface area (Å²) < 4.78 is 0. The first-order chi connectivity index (χ1) is 4.16. The maximum atomic E-state index is 5.23. The molecule has 1 saturated carbocycles. The predicted octanol–water partition coefficient (Wildman–Crippen LogP) is 1.78. The van der Waals surface area contributed by atoms with E-state index in [2.05, 4.69) is 0 Å². The van der Waals surface area contributed by atoms with Gasteiger partial charge in [0.15, 0.2) is 0 Å². The van der Waals surface area contributed by atoms with Crippen molar-refractivity contribution in [3.63, 3.8) is 0 Å². The molecular weight excluding hydrogens is 196 g/mol. The van der Waals surface area contributed by atoms with Crippen molar-refractivity contribution in [2.24, 2.45) is 11.7 Å². The van der Waals surface area contributed by atoms with Gasteiger partial charge in [0.05, 0.1) is 0 Å². The highest BCUT2D eigenvalue weighted by Crippen LogP contribution is 2.26. The summed E-state index contributed by atoms with van der Waals surface area (Å²) in [6.07, 6.45) is 2.77. The summed E-state index contributed by atoms with van der Waals surface area (Å²) in [5.74, 6) is 0.912. The van der Waals surface area contributed by atoms with Crippen molar-refractivity contribution in [2.45, 2.75) is 12.8 Å². The fourth-order valence-electron chi connectivity index (χ4n) is 0.354. The molecule has 9 heavy (non-hydrogen) atoms. The third-order valence-electron chi connectivity index (χ3n) is 1.03. The summed E-state index contributed by atoms with van der Waals surface area (Å²) in [5.41, 5.74) is 5.23. The molecular formula is C4H10Cl3NSi. The Kier molecular flexibility index (Phi) is 6.48. The number of rotatable bonds is 1. The second-order valence-corrected chi connectivity index (χ2v) is 8.36. The molecule has 1 rings (SSSR count). The van der Waals surface area contributed by atoms with Crippen molar-refractivity contribution in [1.29, 1.82) is 0 Å². The lowest BCUT2D eigenvalue weighted by Crippen LogP contribution is -1.98. The molecule has 0 amide bonds. The van der Waals surface area contributed by atoms with Gasteiger partial charge in [0.2, 0.25) is 0 Å². The zero-order chi connectivity index (χ0) is 7.28. The van der Waals surface area contributed by atoms with Crippen molar-refractivity contribution >= 4 is 40.0 Å². The molecule has 56 valence electrons. The van der Waals surface area contributed by atoms with Crippen LogP contribution in [0.4, 0.5) is 0 Å². The van der Waals surface area contributed by atoms with Crippen LogP contribution in [0.15, 0.2) is 0 Å². The average Bonchev–Trinajstić information content (AvgIpc) is 2.43. The average molecular weight is 207 g/mol. The van der Waals surface area contributed by atoms with E-state index in [0.717, 1.165) is 12.5 Å². The van der Waals surface area contributed by atoms with Gasteiger partial charge in [0.1, 0.15) is 0 Å². The van der Waals surface area contributed by atoms with E-state index >= 15 is 0 Å². The Hall–Kier alpha value is 1.05. The van der Waals surface area contributed by atoms with Gasteiger partial charge in [0.25, 0.3) is 0 Å². The Morgan fingerprint density at radius 1 is 1.33 bits per heavy atom. The highest BCUT2D eigenvalue weighted by molar-refractivity contribution is 7.54. The maximum Gasteiger partial charge on any atom is 0.326 e. The first-order valence-electron chi connectivity index (χ1n) is 2.79. The molecule has 1 aliphatic rings. The third-order valence-corrected chi connectivity index (χ3v) is 1.03. The van der Waals surface area contributed by atoms with Crippen LogP contribution in [-0.2, 0) is 0 Å². The summed E-state index contributed by atoms with van der Waals surface area (Å²) >= 11 is 14.8. The zero-order valence-electron chi connectivity index (χ0n) is 4.99. The van der Waals surface area contributed by atoms with Gasteiger partial charge in [-0.15, -0.1) is 33.2 Å². The SMILES string of the molecule is Cl[SiH](Cl)Cl.NCC1CC1.